The maximum Gasteiger partial charge on any atom is 0.331 e. The van der Waals surface area contributed by atoms with Crippen molar-refractivity contribution in [3.8, 4) is 0 Å². The van der Waals surface area contributed by atoms with Crippen LogP contribution in [0.1, 0.15) is 19.8 Å². The average molecular weight is 157 g/mol. The van der Waals surface area contributed by atoms with Crippen LogP contribution in [-0.2, 0) is 0 Å². The molecule has 0 aromatic rings. The quantitative estimate of drug-likeness (QED) is 0.575. The first-order valence-corrected chi connectivity index (χ1v) is 4.13. The Balaban J connectivity index is 2.27. The molecule has 1 aliphatic heterocycles. The molecule has 1 aliphatic rings. The highest BCUT2D eigenvalue weighted by atomic mass is 16.2. The van der Waals surface area contributed by atoms with Crippen molar-refractivity contribution < 1.29 is 4.79 Å². The molecule has 0 aromatic carbocycles. The molecule has 11 heavy (non-hydrogen) atoms. The van der Waals surface area contributed by atoms with Crippen LogP contribution in [0.2, 0.25) is 0 Å². The molecule has 0 atom stereocenters. The minimum Gasteiger partial charge on any atom is -0.337 e. The van der Waals surface area contributed by atoms with Crippen molar-refractivity contribution in [2.24, 2.45) is 0 Å². The summed E-state index contributed by atoms with van der Waals surface area (Å²) in [6, 6.07) is -0.00722. The highest BCUT2D eigenvalue weighted by molar-refractivity contribution is 5.73. The molecule has 1 fully saturated rings. The number of hydrogen-bond acceptors (Lipinski definition) is 2. The first-order valence-electron chi connectivity index (χ1n) is 4.13. The van der Waals surface area contributed by atoms with Crippen molar-refractivity contribution in [1.29, 1.82) is 0 Å². The Kier molecular flexibility index (Phi) is 3.16. The Labute approximate surface area is 66.9 Å². The summed E-state index contributed by atoms with van der Waals surface area (Å²) in [5.74, 6) is 0. The minimum atomic E-state index is -0.00722. The minimum absolute atomic E-state index is 0.00722. The van der Waals surface area contributed by atoms with Crippen LogP contribution in [0.15, 0.2) is 0 Å². The summed E-state index contributed by atoms with van der Waals surface area (Å²) >= 11 is 0. The van der Waals surface area contributed by atoms with Crippen LogP contribution in [0.25, 0.3) is 0 Å². The third-order valence-corrected chi connectivity index (χ3v) is 1.68. The predicted octanol–water partition coefficient (Wildman–Crippen LogP) is 0.316. The van der Waals surface area contributed by atoms with Crippen LogP contribution in [0.5, 0.6) is 0 Å². The molecule has 1 saturated heterocycles. The number of hydrazine groups is 1. The van der Waals surface area contributed by atoms with Gasteiger partial charge in [0, 0.05) is 19.6 Å². The zero-order chi connectivity index (χ0) is 8.10. The van der Waals surface area contributed by atoms with Crippen LogP contribution < -0.4 is 10.7 Å². The molecule has 0 unspecified atom stereocenters. The highest BCUT2D eigenvalue weighted by Gasteiger charge is 2.14. The average Bonchev–Trinajstić information content (AvgIpc) is 2.07. The predicted molar refractivity (Wildman–Crippen MR) is 43.0 cm³/mol. The number of nitrogens with zero attached hydrogens (tertiary/aromatic N) is 1. The summed E-state index contributed by atoms with van der Waals surface area (Å²) in [6.45, 7) is 4.35. The molecule has 0 bridgehead atoms. The van der Waals surface area contributed by atoms with Gasteiger partial charge in [-0.3, -0.25) is 5.01 Å². The van der Waals surface area contributed by atoms with Gasteiger partial charge in [0.1, 0.15) is 0 Å². The molecule has 2 amide bonds. The van der Waals surface area contributed by atoms with Gasteiger partial charge in [-0.25, -0.2) is 10.2 Å². The fraction of sp³-hybridized carbons (Fsp3) is 0.857. The monoisotopic (exact) mass is 157 g/mol. The SMILES string of the molecule is CCNC(=O)N1CCCCN1. The molecule has 4 nitrogen and oxygen atoms in total. The summed E-state index contributed by atoms with van der Waals surface area (Å²) in [5.41, 5.74) is 3.02. The van der Waals surface area contributed by atoms with Gasteiger partial charge in [0.05, 0.1) is 0 Å². The van der Waals surface area contributed by atoms with Crippen molar-refractivity contribution in [3.05, 3.63) is 0 Å². The number of rotatable bonds is 1. The molecule has 0 aliphatic carbocycles. The van der Waals surface area contributed by atoms with E-state index < -0.39 is 0 Å². The van der Waals surface area contributed by atoms with Crippen molar-refractivity contribution in [2.45, 2.75) is 19.8 Å². The van der Waals surface area contributed by atoms with Crippen LogP contribution in [-0.4, -0.2) is 30.7 Å². The van der Waals surface area contributed by atoms with Crippen LogP contribution in [0.3, 0.4) is 0 Å². The third-order valence-electron chi connectivity index (χ3n) is 1.68. The third kappa shape index (κ3) is 2.38. The first-order chi connectivity index (χ1) is 5.34. The van der Waals surface area contributed by atoms with Gasteiger partial charge >= 0.3 is 6.03 Å². The van der Waals surface area contributed by atoms with E-state index in [1.54, 1.807) is 5.01 Å². The van der Waals surface area contributed by atoms with Gasteiger partial charge in [0.25, 0.3) is 0 Å². The molecule has 0 saturated carbocycles. The lowest BCUT2D eigenvalue weighted by Crippen LogP contribution is -2.51. The van der Waals surface area contributed by atoms with E-state index in [9.17, 15) is 4.79 Å². The van der Waals surface area contributed by atoms with Crippen molar-refractivity contribution in [1.82, 2.24) is 15.8 Å². The first kappa shape index (κ1) is 8.33. The number of amides is 2. The Morgan fingerprint density at radius 1 is 1.64 bits per heavy atom. The van der Waals surface area contributed by atoms with E-state index in [2.05, 4.69) is 10.7 Å². The lowest BCUT2D eigenvalue weighted by Gasteiger charge is -2.27. The standard InChI is InChI=1S/C7H15N3O/c1-2-8-7(11)10-6-4-3-5-9-10/h9H,2-6H2,1H3,(H,8,11). The smallest absolute Gasteiger partial charge is 0.331 e. The largest absolute Gasteiger partial charge is 0.337 e. The van der Waals surface area contributed by atoms with E-state index in [4.69, 9.17) is 0 Å². The molecule has 0 aromatic heterocycles. The van der Waals surface area contributed by atoms with Gasteiger partial charge in [-0.2, -0.15) is 0 Å². The van der Waals surface area contributed by atoms with Gasteiger partial charge in [0.2, 0.25) is 0 Å². The van der Waals surface area contributed by atoms with E-state index in [0.29, 0.717) is 6.54 Å². The lowest BCUT2D eigenvalue weighted by molar-refractivity contribution is 0.154. The Bertz CT molecular complexity index is 132. The van der Waals surface area contributed by atoms with E-state index >= 15 is 0 Å². The number of carbonyl (C=O) groups excluding carboxylic acids is 1. The summed E-state index contributed by atoms with van der Waals surface area (Å²) in [4.78, 5) is 11.2. The molecule has 64 valence electrons. The Morgan fingerprint density at radius 2 is 2.45 bits per heavy atom. The molecular weight excluding hydrogens is 142 g/mol. The summed E-state index contributed by atoms with van der Waals surface area (Å²) < 4.78 is 0. The van der Waals surface area contributed by atoms with Crippen molar-refractivity contribution in [3.63, 3.8) is 0 Å². The summed E-state index contributed by atoms with van der Waals surface area (Å²) in [6.07, 6.45) is 2.26. The second-order valence-electron chi connectivity index (χ2n) is 2.60. The normalized spacial score (nSPS) is 18.1. The van der Waals surface area contributed by atoms with Crippen molar-refractivity contribution in [2.75, 3.05) is 19.6 Å². The van der Waals surface area contributed by atoms with E-state index in [-0.39, 0.29) is 6.03 Å². The second-order valence-corrected chi connectivity index (χ2v) is 2.60. The topological polar surface area (TPSA) is 44.4 Å². The van der Waals surface area contributed by atoms with Gasteiger partial charge in [-0.15, -0.1) is 0 Å². The van der Waals surface area contributed by atoms with Crippen LogP contribution in [0, 0.1) is 0 Å². The molecule has 1 rings (SSSR count). The summed E-state index contributed by atoms with van der Waals surface area (Å²) in [7, 11) is 0. The fourth-order valence-electron chi connectivity index (χ4n) is 1.11. The molecule has 1 heterocycles. The van der Waals surface area contributed by atoms with Gasteiger partial charge in [-0.05, 0) is 19.8 Å². The number of hydrogen-bond donors (Lipinski definition) is 2. The lowest BCUT2D eigenvalue weighted by atomic mass is 10.3. The van der Waals surface area contributed by atoms with Crippen LogP contribution in [0.4, 0.5) is 4.79 Å². The van der Waals surface area contributed by atoms with E-state index in [0.717, 1.165) is 25.9 Å². The molecule has 2 N–H and O–H groups in total. The van der Waals surface area contributed by atoms with Gasteiger partial charge < -0.3 is 5.32 Å². The Hall–Kier alpha value is -0.770. The molecular formula is C7H15N3O. The van der Waals surface area contributed by atoms with Crippen LogP contribution >= 0.6 is 0 Å². The number of urea groups is 1. The zero-order valence-corrected chi connectivity index (χ0v) is 6.89. The maximum absolute atomic E-state index is 11.2. The molecule has 4 heteroatoms. The zero-order valence-electron chi connectivity index (χ0n) is 6.89. The maximum atomic E-state index is 11.2. The highest BCUT2D eigenvalue weighted by Crippen LogP contribution is 1.98. The summed E-state index contributed by atoms with van der Waals surface area (Å²) in [5, 5.41) is 4.39. The van der Waals surface area contributed by atoms with Gasteiger partial charge in [0.15, 0.2) is 0 Å². The number of nitrogens with one attached hydrogen (secondary N) is 2. The van der Waals surface area contributed by atoms with E-state index in [1.807, 2.05) is 6.92 Å². The fourth-order valence-corrected chi connectivity index (χ4v) is 1.11. The van der Waals surface area contributed by atoms with Gasteiger partial charge in [-0.1, -0.05) is 0 Å². The second kappa shape index (κ2) is 4.18. The van der Waals surface area contributed by atoms with E-state index in [1.165, 1.54) is 0 Å². The Morgan fingerprint density at radius 3 is 3.00 bits per heavy atom. The molecule has 0 spiro atoms. The van der Waals surface area contributed by atoms with Crippen molar-refractivity contribution >= 4 is 6.03 Å². The number of carbonyl (C=O) groups is 1. The molecule has 0 radical (unpaired) electrons.